The van der Waals surface area contributed by atoms with Crippen molar-refractivity contribution >= 4 is 27.4 Å². The van der Waals surface area contributed by atoms with Crippen molar-refractivity contribution in [2.45, 2.75) is 6.54 Å². The van der Waals surface area contributed by atoms with Crippen LogP contribution in [-0.2, 0) is 6.54 Å². The molecule has 3 rings (SSSR count). The van der Waals surface area contributed by atoms with Gasteiger partial charge in [0.1, 0.15) is 10.7 Å². The molecule has 3 aromatic rings. The molecular formula is C12H10N4OS. The molecule has 2 aromatic heterocycles. The van der Waals surface area contributed by atoms with Gasteiger partial charge in [0.15, 0.2) is 5.43 Å². The average molecular weight is 258 g/mol. The molecule has 90 valence electrons. The standard InChI is InChI=1S/C12H10N4OS/c13-12-9(14-15-18-12)7-16-6-5-11(17)8-3-1-2-4-10(8)16/h1-6H,7,13H2. The molecule has 0 amide bonds. The summed E-state index contributed by atoms with van der Waals surface area (Å²) >= 11 is 1.17. The van der Waals surface area contributed by atoms with E-state index in [0.717, 1.165) is 11.2 Å². The quantitative estimate of drug-likeness (QED) is 0.755. The largest absolute Gasteiger partial charge is 0.388 e. The molecule has 2 heterocycles. The fourth-order valence-corrected chi connectivity index (χ4v) is 2.32. The van der Waals surface area contributed by atoms with E-state index in [1.807, 2.05) is 28.8 Å². The Hall–Kier alpha value is -2.21. The van der Waals surface area contributed by atoms with Gasteiger partial charge in [-0.2, -0.15) is 0 Å². The highest BCUT2D eigenvalue weighted by molar-refractivity contribution is 7.09. The minimum absolute atomic E-state index is 0.0197. The molecule has 0 saturated carbocycles. The van der Waals surface area contributed by atoms with Gasteiger partial charge in [-0.15, -0.1) is 5.10 Å². The van der Waals surface area contributed by atoms with Crippen molar-refractivity contribution in [3.8, 4) is 0 Å². The molecule has 2 N–H and O–H groups in total. The number of nitrogens with zero attached hydrogens (tertiary/aromatic N) is 3. The summed E-state index contributed by atoms with van der Waals surface area (Å²) in [6, 6.07) is 9.04. The maximum atomic E-state index is 11.7. The summed E-state index contributed by atoms with van der Waals surface area (Å²) in [6.45, 7) is 0.517. The minimum atomic E-state index is 0.0197. The fourth-order valence-electron chi connectivity index (χ4n) is 1.88. The molecule has 0 bridgehead atoms. The van der Waals surface area contributed by atoms with Crippen LogP contribution in [0.4, 0.5) is 5.00 Å². The minimum Gasteiger partial charge on any atom is -0.388 e. The zero-order valence-corrected chi connectivity index (χ0v) is 10.2. The van der Waals surface area contributed by atoms with Gasteiger partial charge < -0.3 is 10.3 Å². The Kier molecular flexibility index (Phi) is 2.56. The molecule has 18 heavy (non-hydrogen) atoms. The van der Waals surface area contributed by atoms with Crippen LogP contribution in [0.15, 0.2) is 41.3 Å². The van der Waals surface area contributed by atoms with Crippen molar-refractivity contribution in [2.75, 3.05) is 5.73 Å². The first kappa shape index (κ1) is 10.9. The van der Waals surface area contributed by atoms with Gasteiger partial charge in [-0.05, 0) is 12.1 Å². The summed E-state index contributed by atoms with van der Waals surface area (Å²) in [7, 11) is 0. The number of rotatable bonds is 2. The lowest BCUT2D eigenvalue weighted by Gasteiger charge is -2.08. The molecular weight excluding hydrogens is 248 g/mol. The van der Waals surface area contributed by atoms with Gasteiger partial charge in [-0.1, -0.05) is 16.6 Å². The Morgan fingerprint density at radius 3 is 2.89 bits per heavy atom. The highest BCUT2D eigenvalue weighted by Gasteiger charge is 2.07. The van der Waals surface area contributed by atoms with Gasteiger partial charge in [0.05, 0.1) is 12.1 Å². The van der Waals surface area contributed by atoms with Crippen molar-refractivity contribution in [1.29, 1.82) is 0 Å². The van der Waals surface area contributed by atoms with Crippen LogP contribution in [0.2, 0.25) is 0 Å². The van der Waals surface area contributed by atoms with Crippen molar-refractivity contribution in [1.82, 2.24) is 14.2 Å². The van der Waals surface area contributed by atoms with Crippen LogP contribution >= 0.6 is 11.5 Å². The van der Waals surface area contributed by atoms with Crippen LogP contribution in [0.25, 0.3) is 10.9 Å². The van der Waals surface area contributed by atoms with Crippen molar-refractivity contribution in [2.24, 2.45) is 0 Å². The molecule has 0 aliphatic heterocycles. The maximum Gasteiger partial charge on any atom is 0.189 e. The molecule has 0 unspecified atom stereocenters. The van der Waals surface area contributed by atoms with E-state index in [9.17, 15) is 4.79 Å². The lowest BCUT2D eigenvalue weighted by molar-refractivity contribution is 0.793. The second-order valence-electron chi connectivity index (χ2n) is 3.91. The molecule has 6 heteroatoms. The van der Waals surface area contributed by atoms with Crippen molar-refractivity contribution in [3.05, 3.63) is 52.4 Å². The highest BCUT2D eigenvalue weighted by Crippen LogP contribution is 2.16. The lowest BCUT2D eigenvalue weighted by atomic mass is 10.2. The summed E-state index contributed by atoms with van der Waals surface area (Å²) in [4.78, 5) is 11.7. The van der Waals surface area contributed by atoms with Crippen molar-refractivity contribution in [3.63, 3.8) is 0 Å². The number of nitrogen functional groups attached to an aromatic ring is 1. The summed E-state index contributed by atoms with van der Waals surface area (Å²) in [5.74, 6) is 0. The highest BCUT2D eigenvalue weighted by atomic mass is 32.1. The molecule has 5 nitrogen and oxygen atoms in total. The zero-order valence-electron chi connectivity index (χ0n) is 9.41. The molecule has 0 saturated heterocycles. The molecule has 0 atom stereocenters. The van der Waals surface area contributed by atoms with Crippen LogP contribution in [-0.4, -0.2) is 14.2 Å². The molecule has 0 radical (unpaired) electrons. The number of hydrogen-bond acceptors (Lipinski definition) is 5. The monoisotopic (exact) mass is 258 g/mol. The summed E-state index contributed by atoms with van der Waals surface area (Å²) < 4.78 is 5.76. The number of aromatic nitrogens is 3. The third kappa shape index (κ3) is 1.76. The predicted molar refractivity (Wildman–Crippen MR) is 71.6 cm³/mol. The van der Waals surface area contributed by atoms with Gasteiger partial charge in [0.2, 0.25) is 0 Å². The van der Waals surface area contributed by atoms with Crippen molar-refractivity contribution < 1.29 is 0 Å². The van der Waals surface area contributed by atoms with E-state index >= 15 is 0 Å². The van der Waals surface area contributed by atoms with Gasteiger partial charge in [-0.25, -0.2) is 0 Å². The summed E-state index contributed by atoms with van der Waals surface area (Å²) in [6.07, 6.45) is 1.75. The van der Waals surface area contributed by atoms with Crippen LogP contribution in [0.3, 0.4) is 0 Å². The van der Waals surface area contributed by atoms with E-state index in [-0.39, 0.29) is 5.43 Å². The smallest absolute Gasteiger partial charge is 0.189 e. The molecule has 1 aromatic carbocycles. The topological polar surface area (TPSA) is 73.8 Å². The predicted octanol–water partition coefficient (Wildman–Crippen LogP) is 1.48. The SMILES string of the molecule is Nc1snnc1Cn1ccc(=O)c2ccccc21. The Morgan fingerprint density at radius 1 is 1.28 bits per heavy atom. The summed E-state index contributed by atoms with van der Waals surface area (Å²) in [5.41, 5.74) is 7.40. The van der Waals surface area contributed by atoms with Gasteiger partial charge in [-0.3, -0.25) is 4.79 Å². The van der Waals surface area contributed by atoms with Crippen LogP contribution < -0.4 is 11.2 Å². The first-order valence-corrected chi connectivity index (χ1v) is 6.18. The van der Waals surface area contributed by atoms with Crippen LogP contribution in [0, 0.1) is 0 Å². The number of nitrogens with two attached hydrogens (primary N) is 1. The molecule has 0 fully saturated rings. The fraction of sp³-hybridized carbons (Fsp3) is 0.0833. The Morgan fingerprint density at radius 2 is 2.11 bits per heavy atom. The Balaban J connectivity index is 2.16. The third-order valence-electron chi connectivity index (χ3n) is 2.79. The number of pyridine rings is 1. The normalized spacial score (nSPS) is 10.9. The molecule has 0 aliphatic rings. The zero-order chi connectivity index (χ0) is 12.5. The van der Waals surface area contributed by atoms with Gasteiger partial charge in [0, 0.05) is 29.2 Å². The number of fused-ring (bicyclic) bond motifs is 1. The van der Waals surface area contributed by atoms with Crippen LogP contribution in [0.1, 0.15) is 5.69 Å². The van der Waals surface area contributed by atoms with Gasteiger partial charge in [0.25, 0.3) is 0 Å². The van der Waals surface area contributed by atoms with E-state index in [4.69, 9.17) is 5.73 Å². The lowest BCUT2D eigenvalue weighted by Crippen LogP contribution is -2.09. The first-order chi connectivity index (χ1) is 8.75. The summed E-state index contributed by atoms with van der Waals surface area (Å²) in [5, 5.41) is 5.29. The number of anilines is 1. The van der Waals surface area contributed by atoms with E-state index in [0.29, 0.717) is 16.9 Å². The number of benzene rings is 1. The number of para-hydroxylation sites is 1. The number of hydrogen-bond donors (Lipinski definition) is 1. The van der Waals surface area contributed by atoms with Gasteiger partial charge >= 0.3 is 0 Å². The Labute approximate surface area is 107 Å². The van der Waals surface area contributed by atoms with E-state index in [2.05, 4.69) is 9.59 Å². The molecule has 0 aliphatic carbocycles. The van der Waals surface area contributed by atoms with E-state index in [1.165, 1.54) is 11.5 Å². The Bertz CT molecular complexity index is 762. The first-order valence-electron chi connectivity index (χ1n) is 5.40. The van der Waals surface area contributed by atoms with E-state index in [1.54, 1.807) is 12.3 Å². The maximum absolute atomic E-state index is 11.7. The second-order valence-corrected chi connectivity index (χ2v) is 4.69. The average Bonchev–Trinajstić information content (AvgIpc) is 2.79. The second kappa shape index (κ2) is 4.23. The van der Waals surface area contributed by atoms with E-state index < -0.39 is 0 Å². The third-order valence-corrected chi connectivity index (χ3v) is 3.39. The van der Waals surface area contributed by atoms with Crippen LogP contribution in [0.5, 0.6) is 0 Å². The molecule has 0 spiro atoms.